The van der Waals surface area contributed by atoms with Gasteiger partial charge in [0.2, 0.25) is 5.91 Å². The number of nitriles is 1. The Balaban J connectivity index is 2.81. The second kappa shape index (κ2) is 5.21. The molecular weight excluding hydrogens is 228 g/mol. The highest BCUT2D eigenvalue weighted by molar-refractivity contribution is 7.80. The maximum atomic E-state index is 11.9. The molecule has 1 unspecified atom stereocenters. The van der Waals surface area contributed by atoms with E-state index in [1.54, 1.807) is 6.92 Å². The number of nitrogens with zero attached hydrogens (tertiary/aromatic N) is 2. The summed E-state index contributed by atoms with van der Waals surface area (Å²) in [5.74, 6) is -1.60. The number of carboxylic acid groups (broad SMARTS) is 1. The van der Waals surface area contributed by atoms with E-state index in [0.29, 0.717) is 5.75 Å². The fraction of sp³-hybridized carbons (Fsp3) is 0.700. The molecule has 0 aromatic rings. The monoisotopic (exact) mass is 242 g/mol. The molecule has 5 nitrogen and oxygen atoms in total. The minimum absolute atomic E-state index is 0.213. The van der Waals surface area contributed by atoms with Crippen LogP contribution in [0, 0.1) is 23.2 Å². The van der Waals surface area contributed by atoms with E-state index < -0.39 is 12.0 Å². The summed E-state index contributed by atoms with van der Waals surface area (Å²) in [7, 11) is 0. The summed E-state index contributed by atoms with van der Waals surface area (Å²) in [4.78, 5) is 24.1. The van der Waals surface area contributed by atoms with Crippen LogP contribution in [0.25, 0.3) is 0 Å². The summed E-state index contributed by atoms with van der Waals surface area (Å²) in [5.41, 5.74) is 0. The Bertz CT molecular complexity index is 339. The number of aliphatic carboxylic acids is 1. The fourth-order valence-electron chi connectivity index (χ4n) is 1.77. The first-order chi connectivity index (χ1) is 7.51. The zero-order valence-electron chi connectivity index (χ0n) is 8.96. The molecule has 0 radical (unpaired) electrons. The molecule has 16 heavy (non-hydrogen) atoms. The number of hydrogen-bond donors (Lipinski definition) is 2. The van der Waals surface area contributed by atoms with Crippen LogP contribution in [0.1, 0.15) is 13.3 Å². The average Bonchev–Trinajstić information content (AvgIpc) is 2.71. The highest BCUT2D eigenvalue weighted by atomic mass is 32.1. The Morgan fingerprint density at radius 2 is 2.31 bits per heavy atom. The molecule has 1 aliphatic rings. The third kappa shape index (κ3) is 2.47. The summed E-state index contributed by atoms with van der Waals surface area (Å²) >= 11 is 4.01. The standard InChI is InChI=1S/C10H14N2O3S/c1-6(5-16)9(13)12-4-7(3-11)2-8(12)10(14)15/h6-8,16H,2,4-5H2,1H3,(H,14,15)/t6?,7-,8+/m1/s1. The van der Waals surface area contributed by atoms with Gasteiger partial charge in [0.25, 0.3) is 0 Å². The second-order valence-electron chi connectivity index (χ2n) is 3.99. The SMILES string of the molecule is CC(CS)C(=O)N1C[C@@H](C#N)C[C@H]1C(=O)O. The number of hydrogen-bond acceptors (Lipinski definition) is 4. The molecule has 0 aromatic carbocycles. The fourth-order valence-corrected chi connectivity index (χ4v) is 1.92. The van der Waals surface area contributed by atoms with E-state index >= 15 is 0 Å². The molecule has 0 spiro atoms. The molecule has 3 atom stereocenters. The van der Waals surface area contributed by atoms with E-state index in [0.717, 1.165) is 0 Å². The zero-order chi connectivity index (χ0) is 12.3. The maximum Gasteiger partial charge on any atom is 0.326 e. The number of carbonyl (C=O) groups is 2. The number of carboxylic acids is 1. The molecule has 1 saturated heterocycles. The zero-order valence-corrected chi connectivity index (χ0v) is 9.85. The topological polar surface area (TPSA) is 81.4 Å². The van der Waals surface area contributed by atoms with Crippen LogP contribution in [-0.2, 0) is 9.59 Å². The van der Waals surface area contributed by atoms with E-state index in [1.807, 2.05) is 6.07 Å². The first-order valence-corrected chi connectivity index (χ1v) is 5.68. The van der Waals surface area contributed by atoms with Crippen LogP contribution in [0.4, 0.5) is 0 Å². The third-order valence-corrected chi connectivity index (χ3v) is 3.29. The molecule has 0 saturated carbocycles. The highest BCUT2D eigenvalue weighted by Gasteiger charge is 2.40. The first-order valence-electron chi connectivity index (χ1n) is 5.05. The van der Waals surface area contributed by atoms with Crippen molar-refractivity contribution in [2.45, 2.75) is 19.4 Å². The van der Waals surface area contributed by atoms with Gasteiger partial charge in [-0.15, -0.1) is 0 Å². The third-order valence-electron chi connectivity index (χ3n) is 2.75. The Morgan fingerprint density at radius 1 is 1.69 bits per heavy atom. The van der Waals surface area contributed by atoms with Gasteiger partial charge in [0.15, 0.2) is 0 Å². The Kier molecular flexibility index (Phi) is 4.19. The maximum absolute atomic E-state index is 11.9. The molecule has 1 fully saturated rings. The predicted octanol–water partition coefficient (Wildman–Crippen LogP) is 0.378. The molecule has 0 aromatic heterocycles. The molecule has 1 aliphatic heterocycles. The summed E-state index contributed by atoms with van der Waals surface area (Å²) in [6.45, 7) is 1.92. The van der Waals surface area contributed by atoms with E-state index in [4.69, 9.17) is 10.4 Å². The minimum atomic E-state index is -1.04. The van der Waals surface area contributed by atoms with Gasteiger partial charge in [0.05, 0.1) is 12.0 Å². The lowest BCUT2D eigenvalue weighted by Gasteiger charge is -2.23. The van der Waals surface area contributed by atoms with Crippen LogP contribution in [0.5, 0.6) is 0 Å². The first kappa shape index (κ1) is 12.8. The smallest absolute Gasteiger partial charge is 0.326 e. The van der Waals surface area contributed by atoms with Crippen molar-refractivity contribution in [3.05, 3.63) is 0 Å². The second-order valence-corrected chi connectivity index (χ2v) is 4.36. The van der Waals surface area contributed by atoms with Gasteiger partial charge >= 0.3 is 5.97 Å². The normalized spacial score (nSPS) is 26.2. The van der Waals surface area contributed by atoms with Crippen molar-refractivity contribution in [3.63, 3.8) is 0 Å². The van der Waals surface area contributed by atoms with Crippen molar-refractivity contribution < 1.29 is 14.7 Å². The summed E-state index contributed by atoms with van der Waals surface area (Å²) < 4.78 is 0. The van der Waals surface area contributed by atoms with Crippen LogP contribution in [0.15, 0.2) is 0 Å². The van der Waals surface area contributed by atoms with E-state index in [1.165, 1.54) is 4.90 Å². The predicted molar refractivity (Wildman–Crippen MR) is 59.9 cm³/mol. The van der Waals surface area contributed by atoms with Gasteiger partial charge in [-0.25, -0.2) is 4.79 Å². The lowest BCUT2D eigenvalue weighted by atomic mass is 10.1. The van der Waals surface area contributed by atoms with Gasteiger partial charge in [-0.2, -0.15) is 17.9 Å². The van der Waals surface area contributed by atoms with Crippen LogP contribution in [-0.4, -0.2) is 40.2 Å². The van der Waals surface area contributed by atoms with Crippen molar-refractivity contribution >= 4 is 24.5 Å². The van der Waals surface area contributed by atoms with Gasteiger partial charge in [-0.05, 0) is 6.42 Å². The van der Waals surface area contributed by atoms with Crippen molar-refractivity contribution in [2.75, 3.05) is 12.3 Å². The van der Waals surface area contributed by atoms with Crippen molar-refractivity contribution in [1.29, 1.82) is 5.26 Å². The van der Waals surface area contributed by atoms with Crippen molar-refractivity contribution in [2.24, 2.45) is 11.8 Å². The number of carbonyl (C=O) groups excluding carboxylic acids is 1. The van der Waals surface area contributed by atoms with Crippen molar-refractivity contribution in [1.82, 2.24) is 4.90 Å². The Hall–Kier alpha value is -1.22. The molecule has 6 heteroatoms. The van der Waals surface area contributed by atoms with E-state index in [2.05, 4.69) is 12.6 Å². The number of likely N-dealkylation sites (tertiary alicyclic amines) is 1. The molecule has 0 aliphatic carbocycles. The minimum Gasteiger partial charge on any atom is -0.480 e. The summed E-state index contributed by atoms with van der Waals surface area (Å²) in [6.07, 6.45) is 0.219. The average molecular weight is 242 g/mol. The van der Waals surface area contributed by atoms with Gasteiger partial charge < -0.3 is 10.0 Å². The van der Waals surface area contributed by atoms with Gasteiger partial charge in [-0.1, -0.05) is 6.92 Å². The number of amides is 1. The van der Waals surface area contributed by atoms with Gasteiger partial charge in [-0.3, -0.25) is 4.79 Å². The molecule has 1 amide bonds. The Labute approximate surface area is 99.4 Å². The van der Waals surface area contributed by atoms with Crippen LogP contribution in [0.2, 0.25) is 0 Å². The highest BCUT2D eigenvalue weighted by Crippen LogP contribution is 2.24. The molecule has 0 bridgehead atoms. The largest absolute Gasteiger partial charge is 0.480 e. The van der Waals surface area contributed by atoms with Crippen LogP contribution in [0.3, 0.4) is 0 Å². The summed E-state index contributed by atoms with van der Waals surface area (Å²) in [6, 6.07) is 1.15. The van der Waals surface area contributed by atoms with E-state index in [-0.39, 0.29) is 30.7 Å². The number of thiol groups is 1. The lowest BCUT2D eigenvalue weighted by molar-refractivity contribution is -0.149. The molecule has 1 N–H and O–H groups in total. The van der Waals surface area contributed by atoms with Crippen LogP contribution < -0.4 is 0 Å². The van der Waals surface area contributed by atoms with Crippen molar-refractivity contribution in [3.8, 4) is 6.07 Å². The Morgan fingerprint density at radius 3 is 2.75 bits per heavy atom. The molecular formula is C10H14N2O3S. The van der Waals surface area contributed by atoms with E-state index in [9.17, 15) is 9.59 Å². The lowest BCUT2D eigenvalue weighted by Crippen LogP contribution is -2.43. The van der Waals surface area contributed by atoms with Crippen LogP contribution >= 0.6 is 12.6 Å². The molecule has 1 heterocycles. The molecule has 1 rings (SSSR count). The van der Waals surface area contributed by atoms with Gasteiger partial charge in [0, 0.05) is 18.2 Å². The quantitative estimate of drug-likeness (QED) is 0.701. The molecule has 88 valence electrons. The summed E-state index contributed by atoms with van der Waals surface area (Å²) in [5, 5.41) is 17.7. The number of rotatable bonds is 3. The van der Waals surface area contributed by atoms with Gasteiger partial charge in [0.1, 0.15) is 6.04 Å².